The van der Waals surface area contributed by atoms with Crippen molar-refractivity contribution in [3.05, 3.63) is 83.2 Å². The molecular weight excluding hydrogens is 332 g/mol. The van der Waals surface area contributed by atoms with Gasteiger partial charge in [0.2, 0.25) is 5.91 Å². The molecule has 0 aliphatic rings. The largest absolute Gasteiger partial charge is 0.325 e. The smallest absolute Gasteiger partial charge is 0.308 e. The minimum Gasteiger partial charge on any atom is -0.308 e. The van der Waals surface area contributed by atoms with Crippen LogP contribution in [0.2, 0.25) is 0 Å². The fourth-order valence-corrected chi connectivity index (χ4v) is 2.31. The molecule has 2 N–H and O–H groups in total. The van der Waals surface area contributed by atoms with Gasteiger partial charge in [0.05, 0.1) is 5.69 Å². The summed E-state index contributed by atoms with van der Waals surface area (Å²) in [5, 5.41) is 8.89. The van der Waals surface area contributed by atoms with Crippen LogP contribution >= 0.6 is 0 Å². The molecule has 3 amide bonds. The molecule has 0 radical (unpaired) electrons. The maximum absolute atomic E-state index is 12.0. The van der Waals surface area contributed by atoms with Gasteiger partial charge in [-0.05, 0) is 18.2 Å². The number of imide groups is 1. The summed E-state index contributed by atoms with van der Waals surface area (Å²) in [6.45, 7) is -0.359. The summed E-state index contributed by atoms with van der Waals surface area (Å²) in [6.07, 6.45) is 0. The van der Waals surface area contributed by atoms with Crippen molar-refractivity contribution in [2.75, 3.05) is 5.32 Å². The number of anilines is 1. The van der Waals surface area contributed by atoms with Crippen LogP contribution in [0.25, 0.3) is 11.3 Å². The molecule has 1 heterocycles. The van der Waals surface area contributed by atoms with E-state index in [1.165, 1.54) is 6.07 Å². The third-order valence-corrected chi connectivity index (χ3v) is 3.51. The van der Waals surface area contributed by atoms with Crippen LogP contribution in [0.4, 0.5) is 10.5 Å². The molecule has 0 unspecified atom stereocenters. The zero-order valence-electron chi connectivity index (χ0n) is 13.8. The summed E-state index contributed by atoms with van der Waals surface area (Å²) in [4.78, 5) is 35.8. The normalized spacial score (nSPS) is 10.2. The predicted octanol–water partition coefficient (Wildman–Crippen LogP) is 2.26. The molecule has 130 valence electrons. The van der Waals surface area contributed by atoms with Crippen molar-refractivity contribution in [1.82, 2.24) is 15.1 Å². The fourth-order valence-electron chi connectivity index (χ4n) is 2.31. The average Bonchev–Trinajstić information content (AvgIpc) is 2.65. The monoisotopic (exact) mass is 348 g/mol. The van der Waals surface area contributed by atoms with Crippen LogP contribution < -0.4 is 16.2 Å². The molecule has 1 aromatic heterocycles. The molecule has 0 aliphatic heterocycles. The van der Waals surface area contributed by atoms with Crippen LogP contribution in [0.1, 0.15) is 0 Å². The number of urea groups is 1. The molecule has 0 bridgehead atoms. The molecule has 7 heteroatoms. The van der Waals surface area contributed by atoms with Crippen molar-refractivity contribution >= 4 is 17.6 Å². The molecule has 3 rings (SSSR count). The molecule has 0 saturated heterocycles. The van der Waals surface area contributed by atoms with Crippen LogP contribution in [0.5, 0.6) is 0 Å². The van der Waals surface area contributed by atoms with Crippen molar-refractivity contribution in [2.45, 2.75) is 6.54 Å². The summed E-state index contributed by atoms with van der Waals surface area (Å²) >= 11 is 0. The maximum Gasteiger partial charge on any atom is 0.325 e. The van der Waals surface area contributed by atoms with E-state index in [0.717, 1.165) is 10.2 Å². The summed E-state index contributed by atoms with van der Waals surface area (Å²) in [5.74, 6) is -0.641. The Kier molecular flexibility index (Phi) is 5.19. The van der Waals surface area contributed by atoms with Crippen molar-refractivity contribution < 1.29 is 9.59 Å². The lowest BCUT2D eigenvalue weighted by atomic mass is 10.1. The molecule has 7 nitrogen and oxygen atoms in total. The van der Waals surface area contributed by atoms with Gasteiger partial charge in [-0.15, -0.1) is 0 Å². The molecule has 0 fully saturated rings. The number of hydrogen-bond acceptors (Lipinski definition) is 4. The minimum absolute atomic E-state index is 0.359. The summed E-state index contributed by atoms with van der Waals surface area (Å²) in [5.41, 5.74) is 1.51. The van der Waals surface area contributed by atoms with Gasteiger partial charge in [0.1, 0.15) is 6.54 Å². The zero-order valence-corrected chi connectivity index (χ0v) is 13.8. The van der Waals surface area contributed by atoms with Crippen LogP contribution in [0, 0.1) is 0 Å². The van der Waals surface area contributed by atoms with E-state index in [-0.39, 0.29) is 6.54 Å². The van der Waals surface area contributed by atoms with E-state index in [9.17, 15) is 14.4 Å². The summed E-state index contributed by atoms with van der Waals surface area (Å²) in [7, 11) is 0. The Balaban J connectivity index is 1.67. The highest BCUT2D eigenvalue weighted by atomic mass is 16.2. The van der Waals surface area contributed by atoms with Gasteiger partial charge in [-0.2, -0.15) is 5.10 Å². The van der Waals surface area contributed by atoms with Gasteiger partial charge in [-0.3, -0.25) is 14.9 Å². The Morgan fingerprint density at radius 3 is 2.23 bits per heavy atom. The van der Waals surface area contributed by atoms with Gasteiger partial charge in [0, 0.05) is 17.3 Å². The number of carbonyl (C=O) groups excluding carboxylic acids is 2. The van der Waals surface area contributed by atoms with E-state index in [2.05, 4.69) is 15.7 Å². The number of carbonyl (C=O) groups is 2. The first-order valence-corrected chi connectivity index (χ1v) is 7.91. The van der Waals surface area contributed by atoms with Crippen LogP contribution in [0.15, 0.2) is 77.6 Å². The Morgan fingerprint density at radius 2 is 1.54 bits per heavy atom. The average molecular weight is 348 g/mol. The number of nitrogens with one attached hydrogen (secondary N) is 2. The van der Waals surface area contributed by atoms with Gasteiger partial charge in [0.25, 0.3) is 5.56 Å². The third-order valence-electron chi connectivity index (χ3n) is 3.51. The van der Waals surface area contributed by atoms with Gasteiger partial charge in [-0.1, -0.05) is 48.5 Å². The zero-order chi connectivity index (χ0) is 18.4. The number of nitrogens with zero attached hydrogens (tertiary/aromatic N) is 2. The number of aromatic nitrogens is 2. The molecule has 0 atom stereocenters. The van der Waals surface area contributed by atoms with Gasteiger partial charge < -0.3 is 5.32 Å². The van der Waals surface area contributed by atoms with Crippen LogP contribution in [0.3, 0.4) is 0 Å². The lowest BCUT2D eigenvalue weighted by Gasteiger charge is -2.08. The number of para-hydroxylation sites is 1. The lowest BCUT2D eigenvalue weighted by Crippen LogP contribution is -2.39. The molecule has 0 saturated carbocycles. The fraction of sp³-hybridized carbons (Fsp3) is 0.0526. The second-order valence-corrected chi connectivity index (χ2v) is 5.45. The first-order valence-electron chi connectivity index (χ1n) is 7.91. The molecule has 0 aliphatic carbocycles. The minimum atomic E-state index is -0.673. The lowest BCUT2D eigenvalue weighted by molar-refractivity contribution is -0.120. The SMILES string of the molecule is O=C(Cn1nc(-c2ccccc2)ccc1=O)NC(=O)Nc1ccccc1. The van der Waals surface area contributed by atoms with E-state index in [1.807, 2.05) is 36.4 Å². The highest BCUT2D eigenvalue weighted by molar-refractivity contribution is 6.01. The van der Waals surface area contributed by atoms with E-state index in [0.29, 0.717) is 11.4 Å². The number of amides is 3. The van der Waals surface area contributed by atoms with Crippen LogP contribution in [-0.2, 0) is 11.3 Å². The van der Waals surface area contributed by atoms with Crippen LogP contribution in [-0.4, -0.2) is 21.7 Å². The highest BCUT2D eigenvalue weighted by Gasteiger charge is 2.11. The standard InChI is InChI=1S/C19H16N4O3/c24-17(21-19(26)20-15-9-5-2-6-10-15)13-23-18(25)12-11-16(22-23)14-7-3-1-4-8-14/h1-12H,13H2,(H2,20,21,24,26). The number of rotatable bonds is 4. The Labute approximate surface area is 149 Å². The van der Waals surface area contributed by atoms with Crippen molar-refractivity contribution in [3.63, 3.8) is 0 Å². The van der Waals surface area contributed by atoms with Crippen molar-refractivity contribution in [3.8, 4) is 11.3 Å². The topological polar surface area (TPSA) is 93.1 Å². The van der Waals surface area contributed by atoms with Crippen molar-refractivity contribution in [2.24, 2.45) is 0 Å². The first-order chi connectivity index (χ1) is 12.6. The summed E-state index contributed by atoms with van der Waals surface area (Å²) < 4.78 is 1.02. The van der Waals surface area contributed by atoms with Gasteiger partial charge >= 0.3 is 6.03 Å². The molecule has 3 aromatic rings. The summed E-state index contributed by atoms with van der Waals surface area (Å²) in [6, 6.07) is 20.3. The van der Waals surface area contributed by atoms with Crippen molar-refractivity contribution in [1.29, 1.82) is 0 Å². The predicted molar refractivity (Wildman–Crippen MR) is 97.5 cm³/mol. The van der Waals surface area contributed by atoms with E-state index in [1.54, 1.807) is 30.3 Å². The highest BCUT2D eigenvalue weighted by Crippen LogP contribution is 2.13. The number of hydrogen-bond donors (Lipinski definition) is 2. The Bertz CT molecular complexity index is 969. The Hall–Kier alpha value is -3.74. The molecule has 0 spiro atoms. The van der Waals surface area contributed by atoms with E-state index in [4.69, 9.17) is 0 Å². The first kappa shape index (κ1) is 17.1. The van der Waals surface area contributed by atoms with E-state index >= 15 is 0 Å². The number of benzene rings is 2. The van der Waals surface area contributed by atoms with Gasteiger partial charge in [0.15, 0.2) is 0 Å². The third kappa shape index (κ3) is 4.41. The molecule has 26 heavy (non-hydrogen) atoms. The molecular formula is C19H16N4O3. The second kappa shape index (κ2) is 7.89. The maximum atomic E-state index is 12.0. The van der Waals surface area contributed by atoms with E-state index < -0.39 is 17.5 Å². The Morgan fingerprint density at radius 1 is 0.885 bits per heavy atom. The quantitative estimate of drug-likeness (QED) is 0.756. The second-order valence-electron chi connectivity index (χ2n) is 5.45. The van der Waals surface area contributed by atoms with Gasteiger partial charge in [-0.25, -0.2) is 9.48 Å². The molecule has 2 aromatic carbocycles.